The molecule has 0 bridgehead atoms. The molecule has 0 aliphatic carbocycles. The van der Waals surface area contributed by atoms with E-state index >= 15 is 0 Å². The SMILES string of the molecule is CC(=O)c1cc(C(=O)Nc2ccc3c(c2Cl)CNCC3)ccc1OC(C)C.CCOc1ccc(C(=O)Nc2ccc3c(c2Cl)CNCC3)cc1C(C)=O. The number of halogens is 2. The number of rotatable bonds is 10. The monoisotopic (exact) mass is 758 g/mol. The minimum atomic E-state index is -0.320. The first-order chi connectivity index (χ1) is 25.4. The predicted molar refractivity (Wildman–Crippen MR) is 209 cm³/mol. The maximum Gasteiger partial charge on any atom is 0.255 e. The lowest BCUT2D eigenvalue weighted by Gasteiger charge is -2.20. The molecule has 2 aliphatic heterocycles. The molecule has 4 N–H and O–H groups in total. The summed E-state index contributed by atoms with van der Waals surface area (Å²) in [7, 11) is 0. The molecule has 278 valence electrons. The largest absolute Gasteiger partial charge is 0.493 e. The van der Waals surface area contributed by atoms with Gasteiger partial charge in [-0.2, -0.15) is 0 Å². The van der Waals surface area contributed by atoms with E-state index in [1.54, 1.807) is 36.4 Å². The number of hydrogen-bond acceptors (Lipinski definition) is 8. The van der Waals surface area contributed by atoms with Crippen molar-refractivity contribution in [2.45, 2.75) is 66.7 Å². The van der Waals surface area contributed by atoms with Gasteiger partial charge in [-0.15, -0.1) is 0 Å². The normalized spacial score (nSPS) is 13.1. The van der Waals surface area contributed by atoms with Crippen LogP contribution in [0.2, 0.25) is 10.0 Å². The van der Waals surface area contributed by atoms with Crippen LogP contribution in [0.1, 0.15) is 98.3 Å². The molecule has 10 nitrogen and oxygen atoms in total. The first kappa shape index (κ1) is 39.5. The number of carbonyl (C=O) groups excluding carboxylic acids is 4. The second-order valence-electron chi connectivity index (χ2n) is 13.0. The molecule has 4 aromatic rings. The number of ketones is 2. The molecule has 0 unspecified atom stereocenters. The van der Waals surface area contributed by atoms with Crippen molar-refractivity contribution in [3.8, 4) is 11.5 Å². The van der Waals surface area contributed by atoms with Crippen LogP contribution in [-0.4, -0.2) is 49.2 Å². The molecule has 0 fully saturated rings. The Morgan fingerprint density at radius 2 is 1.15 bits per heavy atom. The zero-order valence-corrected chi connectivity index (χ0v) is 32.0. The first-order valence-electron chi connectivity index (χ1n) is 17.6. The average Bonchev–Trinajstić information content (AvgIpc) is 3.14. The highest BCUT2D eigenvalue weighted by atomic mass is 35.5. The quantitative estimate of drug-likeness (QED) is 0.119. The van der Waals surface area contributed by atoms with Gasteiger partial charge in [0, 0.05) is 24.2 Å². The van der Waals surface area contributed by atoms with Crippen LogP contribution in [0.15, 0.2) is 60.7 Å². The fraction of sp³-hybridized carbons (Fsp3) is 0.317. The zero-order chi connectivity index (χ0) is 38.2. The van der Waals surface area contributed by atoms with Gasteiger partial charge in [0.2, 0.25) is 0 Å². The van der Waals surface area contributed by atoms with Gasteiger partial charge in [-0.05, 0) is 131 Å². The van der Waals surface area contributed by atoms with E-state index in [9.17, 15) is 19.2 Å². The van der Waals surface area contributed by atoms with E-state index < -0.39 is 0 Å². The van der Waals surface area contributed by atoms with E-state index in [-0.39, 0.29) is 29.5 Å². The third-order valence-corrected chi connectivity index (χ3v) is 9.69. The van der Waals surface area contributed by atoms with Gasteiger partial charge in [0.15, 0.2) is 11.6 Å². The van der Waals surface area contributed by atoms with Crippen molar-refractivity contribution < 1.29 is 28.7 Å². The van der Waals surface area contributed by atoms with Crippen LogP contribution in [0.3, 0.4) is 0 Å². The molecule has 6 rings (SSSR count). The first-order valence-corrected chi connectivity index (χ1v) is 18.4. The number of Topliss-reactive ketones (excluding diaryl/α,β-unsaturated/α-hetero) is 2. The van der Waals surface area contributed by atoms with Crippen molar-refractivity contribution in [1.29, 1.82) is 0 Å². The molecule has 2 heterocycles. The third-order valence-electron chi connectivity index (χ3n) is 8.83. The number of carbonyl (C=O) groups is 4. The highest BCUT2D eigenvalue weighted by Gasteiger charge is 2.20. The fourth-order valence-electron chi connectivity index (χ4n) is 6.16. The van der Waals surface area contributed by atoms with Crippen molar-refractivity contribution in [2.75, 3.05) is 30.3 Å². The summed E-state index contributed by atoms with van der Waals surface area (Å²) >= 11 is 13.0. The second-order valence-corrected chi connectivity index (χ2v) is 13.8. The molecule has 0 spiro atoms. The van der Waals surface area contributed by atoms with E-state index in [0.717, 1.165) is 37.1 Å². The molecule has 12 heteroatoms. The van der Waals surface area contributed by atoms with Crippen molar-refractivity contribution in [2.24, 2.45) is 0 Å². The van der Waals surface area contributed by atoms with Crippen molar-refractivity contribution in [1.82, 2.24) is 10.6 Å². The van der Waals surface area contributed by atoms with E-state index in [1.165, 1.54) is 25.0 Å². The Morgan fingerprint density at radius 3 is 1.58 bits per heavy atom. The molecule has 0 radical (unpaired) electrons. The Labute approximate surface area is 319 Å². The number of amides is 2. The van der Waals surface area contributed by atoms with E-state index in [2.05, 4.69) is 21.3 Å². The van der Waals surface area contributed by atoms with Gasteiger partial charge in [0.25, 0.3) is 11.8 Å². The molecule has 0 aromatic heterocycles. The smallest absolute Gasteiger partial charge is 0.255 e. The van der Waals surface area contributed by atoms with Crippen LogP contribution in [0.4, 0.5) is 11.4 Å². The molecule has 0 saturated heterocycles. The topological polar surface area (TPSA) is 135 Å². The number of ether oxygens (including phenoxy) is 2. The van der Waals surface area contributed by atoms with Crippen LogP contribution >= 0.6 is 23.2 Å². The van der Waals surface area contributed by atoms with Crippen LogP contribution in [0.25, 0.3) is 0 Å². The van der Waals surface area contributed by atoms with Gasteiger partial charge in [0.05, 0.1) is 45.3 Å². The van der Waals surface area contributed by atoms with Gasteiger partial charge < -0.3 is 30.7 Å². The number of nitrogens with one attached hydrogen (secondary N) is 4. The van der Waals surface area contributed by atoms with Gasteiger partial charge in [-0.3, -0.25) is 19.2 Å². The number of anilines is 2. The highest BCUT2D eigenvalue weighted by molar-refractivity contribution is 6.35. The average molecular weight is 760 g/mol. The van der Waals surface area contributed by atoms with E-state index in [0.29, 0.717) is 74.9 Å². The molecule has 4 aromatic carbocycles. The Hall–Kier alpha value is -4.74. The molecular formula is C41H44Cl2N4O6. The van der Waals surface area contributed by atoms with E-state index in [1.807, 2.05) is 45.0 Å². The Kier molecular flexibility index (Phi) is 13.3. The van der Waals surface area contributed by atoms with Crippen LogP contribution in [0.5, 0.6) is 11.5 Å². The van der Waals surface area contributed by atoms with Gasteiger partial charge in [-0.25, -0.2) is 0 Å². The maximum atomic E-state index is 12.7. The second kappa shape index (κ2) is 17.9. The van der Waals surface area contributed by atoms with Crippen LogP contribution in [-0.2, 0) is 25.9 Å². The summed E-state index contributed by atoms with van der Waals surface area (Å²) in [6.07, 6.45) is 1.78. The van der Waals surface area contributed by atoms with Gasteiger partial charge in [0.1, 0.15) is 11.5 Å². The fourth-order valence-corrected chi connectivity index (χ4v) is 6.76. The number of benzene rings is 4. The maximum absolute atomic E-state index is 12.7. The molecule has 0 saturated carbocycles. The predicted octanol–water partition coefficient (Wildman–Crippen LogP) is 8.07. The highest BCUT2D eigenvalue weighted by Crippen LogP contribution is 2.33. The molecule has 2 amide bonds. The minimum absolute atomic E-state index is 0.0642. The van der Waals surface area contributed by atoms with Gasteiger partial charge >= 0.3 is 0 Å². The number of fused-ring (bicyclic) bond motifs is 2. The lowest BCUT2D eigenvalue weighted by Crippen LogP contribution is -2.24. The summed E-state index contributed by atoms with van der Waals surface area (Å²) in [4.78, 5) is 49.2. The summed E-state index contributed by atoms with van der Waals surface area (Å²) in [5, 5.41) is 13.4. The lowest BCUT2D eigenvalue weighted by molar-refractivity contribution is 0.0996. The van der Waals surface area contributed by atoms with Crippen molar-refractivity contribution >= 4 is 58.0 Å². The van der Waals surface area contributed by atoms with Crippen molar-refractivity contribution in [3.63, 3.8) is 0 Å². The van der Waals surface area contributed by atoms with E-state index in [4.69, 9.17) is 32.7 Å². The third kappa shape index (κ3) is 9.63. The Balaban J connectivity index is 0.000000204. The van der Waals surface area contributed by atoms with Crippen molar-refractivity contribution in [3.05, 3.63) is 115 Å². The Morgan fingerprint density at radius 1 is 0.698 bits per heavy atom. The zero-order valence-electron chi connectivity index (χ0n) is 30.5. The minimum Gasteiger partial charge on any atom is -0.493 e. The summed E-state index contributed by atoms with van der Waals surface area (Å²) < 4.78 is 11.1. The summed E-state index contributed by atoms with van der Waals surface area (Å²) in [6, 6.07) is 17.3. The van der Waals surface area contributed by atoms with Gasteiger partial charge in [-0.1, -0.05) is 35.3 Å². The van der Waals surface area contributed by atoms with Crippen LogP contribution < -0.4 is 30.7 Å². The summed E-state index contributed by atoms with van der Waals surface area (Å²) in [5.74, 6) is 0.0148. The molecule has 2 aliphatic rings. The summed E-state index contributed by atoms with van der Waals surface area (Å²) in [6.45, 7) is 12.2. The summed E-state index contributed by atoms with van der Waals surface area (Å²) in [5.41, 5.74) is 7.11. The molecule has 53 heavy (non-hydrogen) atoms. The standard InChI is InChI=1S/C21H23ClN2O3.C20H21ClN2O3/c1-12(2)27-19-7-5-15(10-16(19)13(3)25)21(26)24-18-6-4-14-8-9-23-11-17(14)20(18)22;1-3-26-18-7-5-14(10-15(18)12(2)24)20(25)23-17-6-4-13-8-9-22-11-16(13)19(17)21/h4-7,10,12,23H,8-9,11H2,1-3H3,(H,24,26);4-7,10,22H,3,8-9,11H2,1-2H3,(H,23,25). The lowest BCUT2D eigenvalue weighted by atomic mass is 10.00. The molecule has 0 atom stereocenters. The number of hydrogen-bond donors (Lipinski definition) is 4. The molecular weight excluding hydrogens is 715 g/mol. The Bertz CT molecular complexity index is 2050. The van der Waals surface area contributed by atoms with Crippen LogP contribution in [0, 0.1) is 0 Å².